The lowest BCUT2D eigenvalue weighted by atomic mass is 9.75. The topological polar surface area (TPSA) is 38.9 Å². The minimum absolute atomic E-state index is 0.327. The lowest BCUT2D eigenvalue weighted by molar-refractivity contribution is 0.234. The minimum atomic E-state index is 0.327. The molecule has 0 aromatic carbocycles. The van der Waals surface area contributed by atoms with Crippen molar-refractivity contribution in [3.8, 4) is 0 Å². The Balaban J connectivity index is 1.72. The molecule has 0 spiro atoms. The fourth-order valence-corrected chi connectivity index (χ4v) is 3.82. The molecule has 2 atom stereocenters. The highest BCUT2D eigenvalue weighted by Gasteiger charge is 2.34. The largest absolute Gasteiger partial charge is 0.327 e. The van der Waals surface area contributed by atoms with Crippen LogP contribution >= 0.6 is 0 Å². The molecule has 1 aromatic heterocycles. The van der Waals surface area contributed by atoms with Crippen molar-refractivity contribution in [2.24, 2.45) is 17.6 Å². The molecule has 2 unspecified atom stereocenters. The van der Waals surface area contributed by atoms with Gasteiger partial charge < -0.3 is 5.73 Å². The van der Waals surface area contributed by atoms with E-state index in [1.165, 1.54) is 49.8 Å². The van der Waals surface area contributed by atoms with Crippen molar-refractivity contribution in [3.63, 3.8) is 0 Å². The van der Waals surface area contributed by atoms with Crippen molar-refractivity contribution >= 4 is 0 Å². The number of rotatable bonds is 2. The minimum Gasteiger partial charge on any atom is -0.327 e. The molecule has 3 rings (SSSR count). The first kappa shape index (κ1) is 12.2. The maximum Gasteiger partial charge on any atom is 0.0482 e. The Morgan fingerprint density at radius 3 is 2.78 bits per heavy atom. The maximum absolute atomic E-state index is 6.57. The summed E-state index contributed by atoms with van der Waals surface area (Å²) in [4.78, 5) is 4.59. The third kappa shape index (κ3) is 2.18. The SMILES string of the molecule is CC1CCC(C(N)C2CCc3cccnc32)CC1. The van der Waals surface area contributed by atoms with Gasteiger partial charge in [0.05, 0.1) is 0 Å². The van der Waals surface area contributed by atoms with Crippen LogP contribution in [0.15, 0.2) is 18.3 Å². The normalized spacial score (nSPS) is 33.1. The highest BCUT2D eigenvalue weighted by molar-refractivity contribution is 5.30. The van der Waals surface area contributed by atoms with Gasteiger partial charge in [-0.15, -0.1) is 0 Å². The van der Waals surface area contributed by atoms with Gasteiger partial charge in [-0.2, -0.15) is 0 Å². The predicted molar refractivity (Wildman–Crippen MR) is 74.4 cm³/mol. The van der Waals surface area contributed by atoms with E-state index in [-0.39, 0.29) is 0 Å². The van der Waals surface area contributed by atoms with E-state index in [9.17, 15) is 0 Å². The molecule has 98 valence electrons. The van der Waals surface area contributed by atoms with Crippen LogP contribution in [0.5, 0.6) is 0 Å². The maximum atomic E-state index is 6.57. The van der Waals surface area contributed by atoms with Gasteiger partial charge >= 0.3 is 0 Å². The lowest BCUT2D eigenvalue weighted by Crippen LogP contribution is -2.37. The van der Waals surface area contributed by atoms with Crippen LogP contribution in [-0.2, 0) is 6.42 Å². The number of hydrogen-bond acceptors (Lipinski definition) is 2. The molecular weight excluding hydrogens is 220 g/mol. The first-order chi connectivity index (χ1) is 8.75. The van der Waals surface area contributed by atoms with Crippen molar-refractivity contribution in [2.75, 3.05) is 0 Å². The number of hydrogen-bond donors (Lipinski definition) is 1. The van der Waals surface area contributed by atoms with Gasteiger partial charge in [-0.25, -0.2) is 0 Å². The van der Waals surface area contributed by atoms with Crippen LogP contribution in [-0.4, -0.2) is 11.0 Å². The van der Waals surface area contributed by atoms with Gasteiger partial charge in [-0.3, -0.25) is 4.98 Å². The summed E-state index contributed by atoms with van der Waals surface area (Å²) in [6.07, 6.45) is 9.67. The van der Waals surface area contributed by atoms with E-state index in [2.05, 4.69) is 24.0 Å². The summed E-state index contributed by atoms with van der Waals surface area (Å²) in [5, 5.41) is 0. The van der Waals surface area contributed by atoms with Crippen LogP contribution in [0.25, 0.3) is 0 Å². The van der Waals surface area contributed by atoms with E-state index in [0.29, 0.717) is 12.0 Å². The van der Waals surface area contributed by atoms with Gasteiger partial charge in [-0.1, -0.05) is 25.8 Å². The van der Waals surface area contributed by atoms with Gasteiger partial charge in [0.15, 0.2) is 0 Å². The molecule has 0 aliphatic heterocycles. The molecule has 0 amide bonds. The zero-order chi connectivity index (χ0) is 12.5. The first-order valence-electron chi connectivity index (χ1n) is 7.45. The van der Waals surface area contributed by atoms with Crippen LogP contribution in [0.4, 0.5) is 0 Å². The van der Waals surface area contributed by atoms with E-state index in [1.54, 1.807) is 0 Å². The second-order valence-corrected chi connectivity index (χ2v) is 6.29. The van der Waals surface area contributed by atoms with Crippen molar-refractivity contribution in [3.05, 3.63) is 29.6 Å². The van der Waals surface area contributed by atoms with Gasteiger partial charge in [-0.05, 0) is 49.1 Å². The van der Waals surface area contributed by atoms with E-state index in [1.807, 2.05) is 6.20 Å². The van der Waals surface area contributed by atoms with Crippen molar-refractivity contribution in [2.45, 2.75) is 57.4 Å². The molecule has 1 fully saturated rings. The Kier molecular flexibility index (Phi) is 3.38. The summed E-state index contributed by atoms with van der Waals surface area (Å²) in [6.45, 7) is 2.37. The molecule has 2 N–H and O–H groups in total. The fraction of sp³-hybridized carbons (Fsp3) is 0.688. The average molecular weight is 244 g/mol. The molecule has 1 saturated carbocycles. The van der Waals surface area contributed by atoms with Crippen LogP contribution in [0, 0.1) is 11.8 Å². The van der Waals surface area contributed by atoms with E-state index in [4.69, 9.17) is 5.73 Å². The average Bonchev–Trinajstić information content (AvgIpc) is 2.82. The van der Waals surface area contributed by atoms with Crippen LogP contribution in [0.3, 0.4) is 0 Å². The van der Waals surface area contributed by atoms with Gasteiger partial charge in [0.2, 0.25) is 0 Å². The molecular formula is C16H24N2. The monoisotopic (exact) mass is 244 g/mol. The Morgan fingerprint density at radius 1 is 1.22 bits per heavy atom. The molecule has 0 radical (unpaired) electrons. The third-order valence-electron chi connectivity index (χ3n) is 5.07. The molecule has 18 heavy (non-hydrogen) atoms. The first-order valence-corrected chi connectivity index (χ1v) is 7.45. The summed E-state index contributed by atoms with van der Waals surface area (Å²) >= 11 is 0. The van der Waals surface area contributed by atoms with Gasteiger partial charge in [0.1, 0.15) is 0 Å². The number of aromatic nitrogens is 1. The van der Waals surface area contributed by atoms with Crippen molar-refractivity contribution in [1.29, 1.82) is 0 Å². The number of aryl methyl sites for hydroxylation is 1. The number of nitrogens with zero attached hydrogens (tertiary/aromatic N) is 1. The van der Waals surface area contributed by atoms with Crippen LogP contribution in [0.1, 0.15) is 56.2 Å². The smallest absolute Gasteiger partial charge is 0.0482 e. The van der Waals surface area contributed by atoms with Gasteiger partial charge in [0.25, 0.3) is 0 Å². The number of pyridine rings is 1. The Labute approximate surface area is 110 Å². The molecule has 2 nitrogen and oxygen atoms in total. The second kappa shape index (κ2) is 5.00. The van der Waals surface area contributed by atoms with E-state index >= 15 is 0 Å². The summed E-state index contributed by atoms with van der Waals surface area (Å²) in [6, 6.07) is 4.60. The molecule has 2 aliphatic carbocycles. The zero-order valence-corrected chi connectivity index (χ0v) is 11.3. The summed E-state index contributed by atoms with van der Waals surface area (Å²) < 4.78 is 0. The number of fused-ring (bicyclic) bond motifs is 1. The second-order valence-electron chi connectivity index (χ2n) is 6.29. The molecule has 0 saturated heterocycles. The molecule has 2 heteroatoms. The zero-order valence-electron chi connectivity index (χ0n) is 11.3. The predicted octanol–water partition coefficient (Wildman–Crippen LogP) is 3.27. The molecule has 2 aliphatic rings. The summed E-state index contributed by atoms with van der Waals surface area (Å²) in [5.74, 6) is 2.14. The molecule has 0 bridgehead atoms. The standard InChI is InChI=1S/C16H24N2/c1-11-4-6-12(7-5-11)15(17)14-9-8-13-3-2-10-18-16(13)14/h2-3,10-12,14-15H,4-9,17H2,1H3. The Hall–Kier alpha value is -0.890. The van der Waals surface area contributed by atoms with E-state index in [0.717, 1.165) is 11.8 Å². The van der Waals surface area contributed by atoms with Crippen LogP contribution in [0.2, 0.25) is 0 Å². The Morgan fingerprint density at radius 2 is 2.00 bits per heavy atom. The summed E-state index contributed by atoms with van der Waals surface area (Å²) in [5.41, 5.74) is 9.30. The molecule has 1 heterocycles. The van der Waals surface area contributed by atoms with Crippen LogP contribution < -0.4 is 5.73 Å². The fourth-order valence-electron chi connectivity index (χ4n) is 3.82. The lowest BCUT2D eigenvalue weighted by Gasteiger charge is -2.33. The van der Waals surface area contributed by atoms with Crippen molar-refractivity contribution in [1.82, 2.24) is 4.98 Å². The highest BCUT2D eigenvalue weighted by atomic mass is 14.8. The highest BCUT2D eigenvalue weighted by Crippen LogP contribution is 2.39. The van der Waals surface area contributed by atoms with E-state index < -0.39 is 0 Å². The Bertz CT molecular complexity index is 407. The quantitative estimate of drug-likeness (QED) is 0.867. The summed E-state index contributed by atoms with van der Waals surface area (Å²) in [7, 11) is 0. The van der Waals surface area contributed by atoms with Gasteiger partial charge in [0, 0.05) is 23.9 Å². The van der Waals surface area contributed by atoms with Crippen molar-refractivity contribution < 1.29 is 0 Å². The molecule has 1 aromatic rings. The third-order valence-corrected chi connectivity index (χ3v) is 5.07. The number of nitrogens with two attached hydrogens (primary N) is 1.